The lowest BCUT2D eigenvalue weighted by Crippen LogP contribution is -2.41. The number of morpholine rings is 1. The molecular weight excluding hydrogens is 628 g/mol. The van der Waals surface area contributed by atoms with E-state index in [1.54, 1.807) is 6.07 Å². The summed E-state index contributed by atoms with van der Waals surface area (Å²) >= 11 is 0. The van der Waals surface area contributed by atoms with Crippen molar-refractivity contribution in [3.63, 3.8) is 0 Å². The molecule has 0 bridgehead atoms. The summed E-state index contributed by atoms with van der Waals surface area (Å²) in [5.74, 6) is -5.77. The van der Waals surface area contributed by atoms with Crippen LogP contribution in [0.25, 0.3) is 10.8 Å². The van der Waals surface area contributed by atoms with Gasteiger partial charge in [-0.2, -0.15) is 26.3 Å². The maximum Gasteiger partial charge on any atom is 0.490 e. The van der Waals surface area contributed by atoms with Gasteiger partial charge in [0.15, 0.2) is 0 Å². The number of aryl methyl sites for hydroxylation is 1. The molecule has 3 aromatic rings. The highest BCUT2D eigenvalue weighted by atomic mass is 19.4. The molecule has 0 aromatic heterocycles. The quantitative estimate of drug-likeness (QED) is 0.265. The highest BCUT2D eigenvalue weighted by molar-refractivity contribution is 5.99. The highest BCUT2D eigenvalue weighted by Gasteiger charge is 2.38. The summed E-state index contributed by atoms with van der Waals surface area (Å²) in [5.41, 5.74) is 3.11. The standard InChI is InChI=1S/C26H29N3O3.2C2HF3O2/c1-18-10-11-21(28-25(30)17-29-12-14-32-15-13-29)16-24(18)26(31)27-19(2)22-9-5-7-20-6-3-4-8-23(20)22;2*3-2(4,5)1(6)7/h3-11,16,19H,12-15,17H2,1-2H3,(H,27,31)(H,28,30);2*(H,6,7)/t19-;;/m1../s1. The number of fused-ring (bicyclic) bond motifs is 1. The second-order valence-electron chi connectivity index (χ2n) is 9.84. The molecular formula is C30H31F6N3O7. The first kappa shape index (κ1) is 37.5. The largest absolute Gasteiger partial charge is 0.490 e. The smallest absolute Gasteiger partial charge is 0.475 e. The summed E-state index contributed by atoms with van der Waals surface area (Å²) in [6.07, 6.45) is -10.2. The van der Waals surface area contributed by atoms with Crippen LogP contribution in [-0.2, 0) is 19.1 Å². The van der Waals surface area contributed by atoms with Gasteiger partial charge in [0.05, 0.1) is 25.8 Å². The van der Waals surface area contributed by atoms with Crippen molar-refractivity contribution >= 4 is 40.2 Å². The number of halogens is 6. The fraction of sp³-hybridized carbons (Fsp3) is 0.333. The summed E-state index contributed by atoms with van der Waals surface area (Å²) in [6.45, 7) is 7.01. The van der Waals surface area contributed by atoms with Gasteiger partial charge in [-0.1, -0.05) is 48.5 Å². The van der Waals surface area contributed by atoms with E-state index in [1.807, 2.05) is 50.2 Å². The molecule has 1 atom stereocenters. The lowest BCUT2D eigenvalue weighted by molar-refractivity contribution is -0.193. The zero-order chi connectivity index (χ0) is 34.7. The summed E-state index contributed by atoms with van der Waals surface area (Å²) < 4.78 is 68.8. The molecule has 46 heavy (non-hydrogen) atoms. The van der Waals surface area contributed by atoms with E-state index in [1.165, 1.54) is 0 Å². The van der Waals surface area contributed by atoms with Gasteiger partial charge in [0.1, 0.15) is 0 Å². The van der Waals surface area contributed by atoms with Gasteiger partial charge in [0, 0.05) is 24.3 Å². The fourth-order valence-corrected chi connectivity index (χ4v) is 4.09. The van der Waals surface area contributed by atoms with Crippen molar-refractivity contribution in [2.45, 2.75) is 32.2 Å². The minimum atomic E-state index is -5.08. The van der Waals surface area contributed by atoms with Gasteiger partial charge in [0.25, 0.3) is 5.91 Å². The number of hydrogen-bond acceptors (Lipinski definition) is 6. The van der Waals surface area contributed by atoms with Crippen molar-refractivity contribution in [2.75, 3.05) is 38.2 Å². The van der Waals surface area contributed by atoms with Crippen LogP contribution in [0.15, 0.2) is 60.7 Å². The minimum Gasteiger partial charge on any atom is -0.475 e. The van der Waals surface area contributed by atoms with Crippen molar-refractivity contribution in [1.29, 1.82) is 0 Å². The van der Waals surface area contributed by atoms with Gasteiger partial charge < -0.3 is 25.6 Å². The third-order valence-electron chi connectivity index (χ3n) is 6.36. The number of alkyl halides is 6. The van der Waals surface area contributed by atoms with Crippen LogP contribution < -0.4 is 10.6 Å². The van der Waals surface area contributed by atoms with Crippen LogP contribution in [0, 0.1) is 6.92 Å². The van der Waals surface area contributed by atoms with Crippen molar-refractivity contribution in [3.8, 4) is 0 Å². The molecule has 1 aliphatic rings. The first-order valence-electron chi connectivity index (χ1n) is 13.5. The number of rotatable bonds is 6. The summed E-state index contributed by atoms with van der Waals surface area (Å²) in [6, 6.07) is 19.6. The normalized spacial score (nSPS) is 14.1. The molecule has 4 N–H and O–H groups in total. The maximum atomic E-state index is 13.1. The van der Waals surface area contributed by atoms with Crippen LogP contribution in [0.2, 0.25) is 0 Å². The van der Waals surface area contributed by atoms with Crippen LogP contribution in [0.5, 0.6) is 0 Å². The predicted octanol–water partition coefficient (Wildman–Crippen LogP) is 5.18. The Morgan fingerprint density at radius 3 is 1.98 bits per heavy atom. The molecule has 250 valence electrons. The molecule has 2 amide bonds. The van der Waals surface area contributed by atoms with Gasteiger partial charge in [-0.3, -0.25) is 14.5 Å². The number of nitrogens with zero attached hydrogens (tertiary/aromatic N) is 1. The third kappa shape index (κ3) is 12.0. The molecule has 0 unspecified atom stereocenters. The minimum absolute atomic E-state index is 0.0914. The van der Waals surface area contributed by atoms with Crippen molar-refractivity contribution in [1.82, 2.24) is 10.2 Å². The van der Waals surface area contributed by atoms with E-state index in [-0.39, 0.29) is 17.9 Å². The second kappa shape index (κ2) is 16.6. The van der Waals surface area contributed by atoms with Gasteiger partial charge >= 0.3 is 24.3 Å². The van der Waals surface area contributed by atoms with Crippen molar-refractivity contribution < 1.29 is 60.5 Å². The molecule has 10 nitrogen and oxygen atoms in total. The number of benzene rings is 3. The average Bonchev–Trinajstić information content (AvgIpc) is 2.98. The van der Waals surface area contributed by atoms with Gasteiger partial charge in [0.2, 0.25) is 5.91 Å². The molecule has 16 heteroatoms. The first-order valence-corrected chi connectivity index (χ1v) is 13.5. The third-order valence-corrected chi connectivity index (χ3v) is 6.36. The number of carbonyl (C=O) groups excluding carboxylic acids is 2. The molecule has 3 aromatic carbocycles. The van der Waals surface area contributed by atoms with Crippen molar-refractivity contribution in [3.05, 3.63) is 77.4 Å². The lowest BCUT2D eigenvalue weighted by atomic mass is 9.99. The number of hydrogen-bond donors (Lipinski definition) is 4. The van der Waals surface area contributed by atoms with Crippen LogP contribution in [0.1, 0.15) is 34.5 Å². The number of nitrogens with one attached hydrogen (secondary N) is 2. The SMILES string of the molecule is Cc1ccc(NC(=O)CN2CCOCC2)cc1C(=O)N[C@H](C)c1cccc2ccccc12.O=C(O)C(F)(F)F.O=C(O)C(F)(F)F. The van der Waals surface area contributed by atoms with E-state index in [2.05, 4.69) is 33.7 Å². The average molecular weight is 660 g/mol. The van der Waals surface area contributed by atoms with E-state index >= 15 is 0 Å². The van der Waals surface area contributed by atoms with E-state index in [4.69, 9.17) is 24.5 Å². The lowest BCUT2D eigenvalue weighted by Gasteiger charge is -2.25. The number of carbonyl (C=O) groups is 4. The molecule has 0 radical (unpaired) electrons. The van der Waals surface area contributed by atoms with Crippen LogP contribution in [-0.4, -0.2) is 84.1 Å². The van der Waals surface area contributed by atoms with Crippen LogP contribution >= 0.6 is 0 Å². The topological polar surface area (TPSA) is 145 Å². The predicted molar refractivity (Wildman–Crippen MR) is 154 cm³/mol. The van der Waals surface area contributed by atoms with Gasteiger partial charge in [-0.15, -0.1) is 0 Å². The van der Waals surface area contributed by atoms with Gasteiger partial charge in [-0.05, 0) is 47.9 Å². The molecule has 1 heterocycles. The van der Waals surface area contributed by atoms with Crippen LogP contribution in [0.4, 0.5) is 32.0 Å². The number of anilines is 1. The second-order valence-corrected chi connectivity index (χ2v) is 9.84. The van der Waals surface area contributed by atoms with Crippen LogP contribution in [0.3, 0.4) is 0 Å². The number of carboxylic acids is 2. The van der Waals surface area contributed by atoms with Gasteiger partial charge in [-0.25, -0.2) is 9.59 Å². The zero-order valence-corrected chi connectivity index (χ0v) is 24.5. The Balaban J connectivity index is 0.000000440. The van der Waals surface area contributed by atoms with E-state index in [0.717, 1.165) is 35.0 Å². The molecule has 0 spiro atoms. The first-order chi connectivity index (χ1) is 21.4. The number of aliphatic carboxylic acids is 2. The molecule has 0 aliphatic carbocycles. The highest BCUT2D eigenvalue weighted by Crippen LogP contribution is 2.25. The number of ether oxygens (including phenoxy) is 1. The number of amides is 2. The summed E-state index contributed by atoms with van der Waals surface area (Å²) in [5, 5.41) is 22.6. The Labute approximate surface area is 258 Å². The van der Waals surface area contributed by atoms with E-state index < -0.39 is 24.3 Å². The fourth-order valence-electron chi connectivity index (χ4n) is 4.09. The maximum absolute atomic E-state index is 13.1. The Bertz CT molecular complexity index is 1490. The Morgan fingerprint density at radius 1 is 0.870 bits per heavy atom. The molecule has 1 fully saturated rings. The monoisotopic (exact) mass is 659 g/mol. The Morgan fingerprint density at radius 2 is 1.41 bits per heavy atom. The molecule has 1 saturated heterocycles. The summed E-state index contributed by atoms with van der Waals surface area (Å²) in [4.78, 5) is 45.4. The Kier molecular flexibility index (Phi) is 13.5. The zero-order valence-electron chi connectivity index (χ0n) is 24.5. The molecule has 4 rings (SSSR count). The number of carboxylic acid groups (broad SMARTS) is 2. The molecule has 0 saturated carbocycles. The Hall–Kier alpha value is -4.70. The summed E-state index contributed by atoms with van der Waals surface area (Å²) in [7, 11) is 0. The van der Waals surface area contributed by atoms with E-state index in [0.29, 0.717) is 31.0 Å². The van der Waals surface area contributed by atoms with Crippen molar-refractivity contribution in [2.24, 2.45) is 0 Å². The molecule has 1 aliphatic heterocycles. The van der Waals surface area contributed by atoms with E-state index in [9.17, 15) is 35.9 Å².